The third-order valence-electron chi connectivity index (χ3n) is 3.30. The van der Waals surface area contributed by atoms with Crippen molar-refractivity contribution in [2.45, 2.75) is 6.54 Å². The summed E-state index contributed by atoms with van der Waals surface area (Å²) >= 11 is 0. The van der Waals surface area contributed by atoms with Crippen LogP contribution >= 0.6 is 0 Å². The van der Waals surface area contributed by atoms with Gasteiger partial charge >= 0.3 is 11.1 Å². The molecule has 1 aliphatic rings. The second-order valence-electron chi connectivity index (χ2n) is 4.66. The van der Waals surface area contributed by atoms with Crippen LogP contribution in [0, 0.1) is 0 Å². The Balaban J connectivity index is 2.48. The maximum Gasteiger partial charge on any atom is 0.332 e. The summed E-state index contributed by atoms with van der Waals surface area (Å²) in [6.07, 6.45) is 0. The van der Waals surface area contributed by atoms with Gasteiger partial charge in [-0.2, -0.15) is 5.10 Å². The summed E-state index contributed by atoms with van der Waals surface area (Å²) in [5.41, 5.74) is -0.647. The SMILES string of the molecule is CN1Cc2nn(C)c(=O)c(=O)n2-c2ccccc2C1=O. The van der Waals surface area contributed by atoms with E-state index in [0.29, 0.717) is 17.1 Å². The van der Waals surface area contributed by atoms with Gasteiger partial charge < -0.3 is 4.90 Å². The molecular formula is C13H12N4O3. The van der Waals surface area contributed by atoms with Crippen LogP contribution in [0.25, 0.3) is 5.69 Å². The van der Waals surface area contributed by atoms with Gasteiger partial charge in [0.05, 0.1) is 17.8 Å². The van der Waals surface area contributed by atoms with Crippen LogP contribution in [0.15, 0.2) is 33.9 Å². The predicted octanol–water partition coefficient (Wildman–Crippen LogP) is -0.483. The number of aromatic nitrogens is 3. The molecule has 0 saturated carbocycles. The zero-order valence-corrected chi connectivity index (χ0v) is 11.0. The number of rotatable bonds is 0. The van der Waals surface area contributed by atoms with Crippen LogP contribution < -0.4 is 11.1 Å². The van der Waals surface area contributed by atoms with Crippen molar-refractivity contribution in [1.29, 1.82) is 0 Å². The summed E-state index contributed by atoms with van der Waals surface area (Å²) in [7, 11) is 3.05. The van der Waals surface area contributed by atoms with E-state index in [2.05, 4.69) is 5.10 Å². The Morgan fingerprint density at radius 2 is 1.75 bits per heavy atom. The van der Waals surface area contributed by atoms with Crippen molar-refractivity contribution in [2.75, 3.05) is 7.05 Å². The molecule has 7 heteroatoms. The number of para-hydroxylation sites is 1. The Bertz CT molecular complexity index is 834. The standard InChI is InChI=1S/C13H12N4O3/c1-15-7-10-14-16(2)12(19)13(20)17(10)9-6-4-3-5-8(9)11(15)18/h3-6H,7H2,1-2H3. The number of aryl methyl sites for hydroxylation is 1. The second kappa shape index (κ2) is 4.16. The summed E-state index contributed by atoms with van der Waals surface area (Å²) in [6.45, 7) is 0.164. The van der Waals surface area contributed by atoms with E-state index >= 15 is 0 Å². The number of benzene rings is 1. The van der Waals surface area contributed by atoms with Crippen LogP contribution in [-0.4, -0.2) is 32.2 Å². The van der Waals surface area contributed by atoms with Crippen LogP contribution in [0.1, 0.15) is 16.2 Å². The van der Waals surface area contributed by atoms with Crippen molar-refractivity contribution in [1.82, 2.24) is 19.2 Å². The largest absolute Gasteiger partial charge is 0.334 e. The van der Waals surface area contributed by atoms with Crippen molar-refractivity contribution in [3.8, 4) is 5.69 Å². The van der Waals surface area contributed by atoms with Crippen molar-refractivity contribution in [3.63, 3.8) is 0 Å². The molecule has 0 bridgehead atoms. The molecule has 0 fully saturated rings. The minimum absolute atomic E-state index is 0.164. The average Bonchev–Trinajstić information content (AvgIpc) is 2.53. The summed E-state index contributed by atoms with van der Waals surface area (Å²) in [5.74, 6) is 0.151. The van der Waals surface area contributed by atoms with Gasteiger partial charge in [0.2, 0.25) is 0 Å². The first kappa shape index (κ1) is 12.3. The van der Waals surface area contributed by atoms with E-state index in [4.69, 9.17) is 0 Å². The molecule has 1 aliphatic heterocycles. The summed E-state index contributed by atoms with van der Waals surface area (Å²) in [5, 5.41) is 4.09. The first-order chi connectivity index (χ1) is 9.50. The fourth-order valence-electron chi connectivity index (χ4n) is 2.30. The Morgan fingerprint density at radius 3 is 2.50 bits per heavy atom. The van der Waals surface area contributed by atoms with E-state index in [-0.39, 0.29) is 12.5 Å². The third kappa shape index (κ3) is 1.59. The van der Waals surface area contributed by atoms with Gasteiger partial charge in [0, 0.05) is 14.1 Å². The summed E-state index contributed by atoms with van der Waals surface area (Å²) in [4.78, 5) is 37.8. The third-order valence-corrected chi connectivity index (χ3v) is 3.30. The molecule has 3 rings (SSSR count). The van der Waals surface area contributed by atoms with Gasteiger partial charge in [-0.1, -0.05) is 12.1 Å². The van der Waals surface area contributed by atoms with Gasteiger partial charge in [0.25, 0.3) is 5.91 Å². The van der Waals surface area contributed by atoms with E-state index in [1.165, 1.54) is 16.5 Å². The molecule has 0 spiro atoms. The van der Waals surface area contributed by atoms with E-state index in [0.717, 1.165) is 4.68 Å². The smallest absolute Gasteiger partial charge is 0.332 e. The van der Waals surface area contributed by atoms with Gasteiger partial charge in [-0.3, -0.25) is 19.0 Å². The van der Waals surface area contributed by atoms with Crippen LogP contribution in [-0.2, 0) is 13.6 Å². The lowest BCUT2D eigenvalue weighted by atomic mass is 10.1. The molecule has 0 atom stereocenters. The van der Waals surface area contributed by atoms with Gasteiger partial charge in [-0.05, 0) is 12.1 Å². The second-order valence-corrected chi connectivity index (χ2v) is 4.66. The molecule has 1 aromatic carbocycles. The van der Waals surface area contributed by atoms with Gasteiger partial charge in [-0.15, -0.1) is 0 Å². The minimum atomic E-state index is -0.722. The Hall–Kier alpha value is -2.70. The van der Waals surface area contributed by atoms with Crippen molar-refractivity contribution in [2.24, 2.45) is 7.05 Å². The summed E-state index contributed by atoms with van der Waals surface area (Å²) in [6, 6.07) is 6.70. The highest BCUT2D eigenvalue weighted by Crippen LogP contribution is 2.20. The number of carbonyl (C=O) groups is 1. The number of carbonyl (C=O) groups excluding carboxylic acids is 1. The molecule has 0 aliphatic carbocycles. The van der Waals surface area contributed by atoms with Crippen LogP contribution in [0.3, 0.4) is 0 Å². The molecule has 2 heterocycles. The first-order valence-corrected chi connectivity index (χ1v) is 6.05. The van der Waals surface area contributed by atoms with Gasteiger partial charge in [0.1, 0.15) is 0 Å². The van der Waals surface area contributed by atoms with E-state index < -0.39 is 11.1 Å². The molecule has 0 N–H and O–H groups in total. The molecule has 20 heavy (non-hydrogen) atoms. The Labute approximate surface area is 113 Å². The first-order valence-electron chi connectivity index (χ1n) is 6.05. The Morgan fingerprint density at radius 1 is 1.05 bits per heavy atom. The molecule has 1 aromatic heterocycles. The number of nitrogens with zero attached hydrogens (tertiary/aromatic N) is 4. The molecule has 0 radical (unpaired) electrons. The summed E-state index contributed by atoms with van der Waals surface area (Å²) < 4.78 is 2.22. The zero-order chi connectivity index (χ0) is 14.4. The number of hydrogen-bond donors (Lipinski definition) is 0. The highest BCUT2D eigenvalue weighted by atomic mass is 16.2. The molecule has 7 nitrogen and oxygen atoms in total. The molecule has 0 saturated heterocycles. The van der Waals surface area contributed by atoms with Crippen molar-refractivity contribution < 1.29 is 4.79 Å². The fraction of sp³-hybridized carbons (Fsp3) is 0.231. The average molecular weight is 272 g/mol. The lowest BCUT2D eigenvalue weighted by Crippen LogP contribution is -2.43. The topological polar surface area (TPSA) is 77.2 Å². The van der Waals surface area contributed by atoms with E-state index in [1.54, 1.807) is 31.3 Å². The number of amides is 1. The lowest BCUT2D eigenvalue weighted by molar-refractivity contribution is 0.0785. The van der Waals surface area contributed by atoms with E-state index in [9.17, 15) is 14.4 Å². The lowest BCUT2D eigenvalue weighted by Gasteiger charge is -2.13. The molecule has 2 aromatic rings. The molecule has 1 amide bonds. The highest BCUT2D eigenvalue weighted by Gasteiger charge is 2.26. The maximum atomic E-state index is 12.3. The monoisotopic (exact) mass is 272 g/mol. The predicted molar refractivity (Wildman–Crippen MR) is 70.9 cm³/mol. The van der Waals surface area contributed by atoms with Crippen LogP contribution in [0.5, 0.6) is 0 Å². The number of fused-ring (bicyclic) bond motifs is 3. The van der Waals surface area contributed by atoms with Crippen molar-refractivity contribution in [3.05, 3.63) is 56.4 Å². The number of hydrogen-bond acceptors (Lipinski definition) is 4. The van der Waals surface area contributed by atoms with Crippen molar-refractivity contribution >= 4 is 5.91 Å². The van der Waals surface area contributed by atoms with Gasteiger partial charge in [0.15, 0.2) is 5.82 Å². The van der Waals surface area contributed by atoms with Crippen LogP contribution in [0.2, 0.25) is 0 Å². The van der Waals surface area contributed by atoms with Crippen LogP contribution in [0.4, 0.5) is 0 Å². The fourth-order valence-corrected chi connectivity index (χ4v) is 2.30. The quantitative estimate of drug-likeness (QED) is 0.607. The zero-order valence-electron chi connectivity index (χ0n) is 11.0. The molecular weight excluding hydrogens is 260 g/mol. The maximum absolute atomic E-state index is 12.3. The minimum Gasteiger partial charge on any atom is -0.334 e. The Kier molecular flexibility index (Phi) is 2.56. The van der Waals surface area contributed by atoms with E-state index in [1.807, 2.05) is 0 Å². The normalized spacial score (nSPS) is 13.7. The highest BCUT2D eigenvalue weighted by molar-refractivity contribution is 5.98. The molecule has 102 valence electrons. The molecule has 0 unspecified atom stereocenters. The van der Waals surface area contributed by atoms with Gasteiger partial charge in [-0.25, -0.2) is 4.68 Å².